The molecule has 1 saturated heterocycles. The molecule has 5 heteroatoms. The molecule has 0 bridgehead atoms. The first kappa shape index (κ1) is 11.2. The predicted molar refractivity (Wildman–Crippen MR) is 64.5 cm³/mol. The molecule has 2 atom stereocenters. The first-order chi connectivity index (χ1) is 6.72. The number of hydrogen-bond acceptors (Lipinski definition) is 2. The Morgan fingerprint density at radius 2 is 2.43 bits per heavy atom. The van der Waals surface area contributed by atoms with E-state index in [-0.39, 0.29) is 6.10 Å². The molecular weight excluding hydrogens is 307 g/mol. The average Bonchev–Trinajstić information content (AvgIpc) is 2.73. The van der Waals surface area contributed by atoms with Crippen molar-refractivity contribution in [1.29, 1.82) is 0 Å². The van der Waals surface area contributed by atoms with E-state index in [0.29, 0.717) is 11.8 Å². The maximum atomic E-state index is 5.98. The van der Waals surface area contributed by atoms with Gasteiger partial charge in [-0.1, -0.05) is 11.6 Å². The normalized spacial score (nSPS) is 27.1. The molecule has 1 aliphatic heterocycles. The second-order valence-electron chi connectivity index (χ2n) is 3.26. The van der Waals surface area contributed by atoms with Crippen LogP contribution in [0, 0.1) is 5.92 Å². The molecule has 1 aromatic heterocycles. The molecule has 1 aliphatic rings. The van der Waals surface area contributed by atoms with Gasteiger partial charge in [0.25, 0.3) is 0 Å². The lowest BCUT2D eigenvalue weighted by atomic mass is 10.0. The molecule has 0 saturated carbocycles. The molecule has 0 N–H and O–H groups in total. The molecule has 0 amide bonds. The number of halogens is 3. The second kappa shape index (κ2) is 4.71. The molecule has 14 heavy (non-hydrogen) atoms. The Balaban J connectivity index is 2.21. The maximum Gasteiger partial charge on any atom is 0.107 e. The Hall–Kier alpha value is 0.720. The first-order valence-corrected chi connectivity index (χ1v) is 6.87. The lowest BCUT2D eigenvalue weighted by Gasteiger charge is -2.13. The van der Waals surface area contributed by atoms with E-state index in [1.807, 2.05) is 6.07 Å². The molecule has 1 nitrogen and oxygen atoms in total. The SMILES string of the molecule is ClCC1CCOC1c1cc(Br)c(Cl)s1. The Labute approximate surface area is 105 Å². The molecule has 2 heterocycles. The van der Waals surface area contributed by atoms with Crippen LogP contribution < -0.4 is 0 Å². The van der Waals surface area contributed by atoms with Crippen molar-refractivity contribution in [3.05, 3.63) is 19.8 Å². The van der Waals surface area contributed by atoms with Gasteiger partial charge in [0.15, 0.2) is 0 Å². The number of alkyl halides is 1. The fourth-order valence-electron chi connectivity index (χ4n) is 1.61. The van der Waals surface area contributed by atoms with Gasteiger partial charge in [0.1, 0.15) is 4.34 Å². The van der Waals surface area contributed by atoms with Crippen LogP contribution >= 0.6 is 50.5 Å². The van der Waals surface area contributed by atoms with Crippen LogP contribution in [-0.2, 0) is 4.74 Å². The summed E-state index contributed by atoms with van der Waals surface area (Å²) in [6.45, 7) is 0.801. The van der Waals surface area contributed by atoms with Crippen LogP contribution in [0.3, 0.4) is 0 Å². The number of ether oxygens (including phenoxy) is 1. The number of thiophene rings is 1. The van der Waals surface area contributed by atoms with Gasteiger partial charge < -0.3 is 4.74 Å². The van der Waals surface area contributed by atoms with Crippen molar-refractivity contribution in [1.82, 2.24) is 0 Å². The van der Waals surface area contributed by atoms with Gasteiger partial charge in [0.05, 0.1) is 6.10 Å². The summed E-state index contributed by atoms with van der Waals surface area (Å²) < 4.78 is 7.39. The third-order valence-corrected chi connectivity index (χ3v) is 5.29. The summed E-state index contributed by atoms with van der Waals surface area (Å²) in [6.07, 6.45) is 1.18. The third kappa shape index (κ3) is 2.12. The van der Waals surface area contributed by atoms with Crippen LogP contribution in [0.1, 0.15) is 17.4 Å². The van der Waals surface area contributed by atoms with Crippen molar-refractivity contribution in [3.8, 4) is 0 Å². The molecule has 78 valence electrons. The Morgan fingerprint density at radius 3 is 3.00 bits per heavy atom. The summed E-state index contributed by atoms with van der Waals surface area (Å²) in [5.41, 5.74) is 0. The Morgan fingerprint density at radius 1 is 1.64 bits per heavy atom. The quantitative estimate of drug-likeness (QED) is 0.731. The number of rotatable bonds is 2. The minimum absolute atomic E-state index is 0.140. The smallest absolute Gasteiger partial charge is 0.107 e. The van der Waals surface area contributed by atoms with Crippen LogP contribution in [0.2, 0.25) is 4.34 Å². The van der Waals surface area contributed by atoms with Crippen molar-refractivity contribution >= 4 is 50.5 Å². The minimum atomic E-state index is 0.140. The summed E-state index contributed by atoms with van der Waals surface area (Å²) in [4.78, 5) is 1.17. The first-order valence-electron chi connectivity index (χ1n) is 4.34. The highest BCUT2D eigenvalue weighted by Gasteiger charge is 2.30. The van der Waals surface area contributed by atoms with Crippen LogP contribution in [0.4, 0.5) is 0 Å². The second-order valence-corrected chi connectivity index (χ2v) is 6.11. The van der Waals surface area contributed by atoms with E-state index in [1.54, 1.807) is 11.3 Å². The summed E-state index contributed by atoms with van der Waals surface area (Å²) in [5.74, 6) is 1.08. The molecule has 0 aromatic carbocycles. The highest BCUT2D eigenvalue weighted by molar-refractivity contribution is 9.10. The lowest BCUT2D eigenvalue weighted by Crippen LogP contribution is -2.07. The Bertz CT molecular complexity index is 309. The van der Waals surface area contributed by atoms with E-state index in [2.05, 4.69) is 15.9 Å². The topological polar surface area (TPSA) is 9.23 Å². The van der Waals surface area contributed by atoms with E-state index in [9.17, 15) is 0 Å². The molecular formula is C9H9BrCl2OS. The summed E-state index contributed by atoms with van der Waals surface area (Å²) in [5, 5.41) is 0. The van der Waals surface area contributed by atoms with Gasteiger partial charge in [-0.15, -0.1) is 22.9 Å². The van der Waals surface area contributed by atoms with E-state index < -0.39 is 0 Å². The average molecular weight is 316 g/mol. The van der Waals surface area contributed by atoms with Gasteiger partial charge >= 0.3 is 0 Å². The fraction of sp³-hybridized carbons (Fsp3) is 0.556. The Kier molecular flexibility index (Phi) is 3.77. The van der Waals surface area contributed by atoms with Crippen molar-refractivity contribution in [2.75, 3.05) is 12.5 Å². The monoisotopic (exact) mass is 314 g/mol. The van der Waals surface area contributed by atoms with Gasteiger partial charge in [0, 0.05) is 27.8 Å². The molecule has 1 aromatic rings. The zero-order chi connectivity index (χ0) is 10.1. The highest BCUT2D eigenvalue weighted by Crippen LogP contribution is 2.42. The van der Waals surface area contributed by atoms with Gasteiger partial charge in [-0.05, 0) is 28.4 Å². The summed E-state index contributed by atoms with van der Waals surface area (Å²) >= 11 is 16.8. The molecule has 0 spiro atoms. The van der Waals surface area contributed by atoms with E-state index in [0.717, 1.165) is 21.8 Å². The van der Waals surface area contributed by atoms with E-state index in [1.165, 1.54) is 4.88 Å². The van der Waals surface area contributed by atoms with E-state index >= 15 is 0 Å². The highest BCUT2D eigenvalue weighted by atomic mass is 79.9. The standard InChI is InChI=1S/C9H9BrCl2OS/c10-6-3-7(14-9(6)12)8-5(4-11)1-2-13-8/h3,5,8H,1-2,4H2. The van der Waals surface area contributed by atoms with Crippen molar-refractivity contribution in [3.63, 3.8) is 0 Å². The van der Waals surface area contributed by atoms with Gasteiger partial charge in [-0.2, -0.15) is 0 Å². The summed E-state index contributed by atoms with van der Waals surface area (Å²) in [6, 6.07) is 2.03. The summed E-state index contributed by atoms with van der Waals surface area (Å²) in [7, 11) is 0. The number of hydrogen-bond donors (Lipinski definition) is 0. The van der Waals surface area contributed by atoms with Gasteiger partial charge in [-0.3, -0.25) is 0 Å². The zero-order valence-corrected chi connectivity index (χ0v) is 11.2. The maximum absolute atomic E-state index is 5.98. The van der Waals surface area contributed by atoms with Gasteiger partial charge in [-0.25, -0.2) is 0 Å². The minimum Gasteiger partial charge on any atom is -0.372 e. The van der Waals surface area contributed by atoms with Gasteiger partial charge in [0.2, 0.25) is 0 Å². The molecule has 0 radical (unpaired) electrons. The molecule has 2 unspecified atom stereocenters. The largest absolute Gasteiger partial charge is 0.372 e. The van der Waals surface area contributed by atoms with Crippen molar-refractivity contribution < 1.29 is 4.74 Å². The predicted octanol–water partition coefficient (Wildman–Crippen LogP) is 4.48. The van der Waals surface area contributed by atoms with Crippen LogP contribution in [0.15, 0.2) is 10.5 Å². The fourth-order valence-corrected chi connectivity index (χ4v) is 3.81. The van der Waals surface area contributed by atoms with Crippen molar-refractivity contribution in [2.45, 2.75) is 12.5 Å². The molecule has 2 rings (SSSR count). The lowest BCUT2D eigenvalue weighted by molar-refractivity contribution is 0.0980. The van der Waals surface area contributed by atoms with Crippen LogP contribution in [0.5, 0.6) is 0 Å². The van der Waals surface area contributed by atoms with E-state index in [4.69, 9.17) is 27.9 Å². The van der Waals surface area contributed by atoms with Crippen LogP contribution in [-0.4, -0.2) is 12.5 Å². The zero-order valence-electron chi connectivity index (χ0n) is 7.30. The molecule has 0 aliphatic carbocycles. The third-order valence-electron chi connectivity index (χ3n) is 2.36. The molecule has 1 fully saturated rings. The van der Waals surface area contributed by atoms with Crippen molar-refractivity contribution in [2.24, 2.45) is 5.92 Å². The van der Waals surface area contributed by atoms with Crippen LogP contribution in [0.25, 0.3) is 0 Å².